The monoisotopic (exact) mass is 315 g/mol. The first-order valence-corrected chi connectivity index (χ1v) is 9.81. The van der Waals surface area contributed by atoms with Gasteiger partial charge in [-0.3, -0.25) is 4.18 Å². The molecule has 4 heteroatoms. The highest BCUT2D eigenvalue weighted by atomic mass is 32.2. The molecule has 0 aromatic rings. The summed E-state index contributed by atoms with van der Waals surface area (Å²) >= 11 is -1.18. The minimum atomic E-state index is -1.18. The van der Waals surface area contributed by atoms with Gasteiger partial charge in [-0.15, -0.1) is 0 Å². The Morgan fingerprint density at radius 2 is 1.76 bits per heavy atom. The molecule has 0 spiro atoms. The van der Waals surface area contributed by atoms with Gasteiger partial charge in [0.25, 0.3) is 0 Å². The summed E-state index contributed by atoms with van der Waals surface area (Å²) in [6, 6.07) is -0.104. The van der Waals surface area contributed by atoms with Gasteiger partial charge in [-0.05, 0) is 18.8 Å². The van der Waals surface area contributed by atoms with E-state index in [-0.39, 0.29) is 12.1 Å². The zero-order valence-corrected chi connectivity index (χ0v) is 14.6. The van der Waals surface area contributed by atoms with Crippen molar-refractivity contribution in [1.29, 1.82) is 0 Å². The smallest absolute Gasteiger partial charge is 0.157 e. The summed E-state index contributed by atoms with van der Waals surface area (Å²) in [5, 5.41) is 0. The Hall–Kier alpha value is -0.190. The molecule has 0 radical (unpaired) electrons. The summed E-state index contributed by atoms with van der Waals surface area (Å²) in [4.78, 5) is 0. The first-order chi connectivity index (χ1) is 10.1. The first-order valence-electron chi connectivity index (χ1n) is 8.57. The molecule has 0 aromatic carbocycles. The third-order valence-electron chi connectivity index (χ3n) is 3.95. The van der Waals surface area contributed by atoms with E-state index in [9.17, 15) is 4.21 Å². The van der Waals surface area contributed by atoms with E-state index in [1.165, 1.54) is 51.4 Å². The molecule has 1 rings (SSSR count). The zero-order chi connectivity index (χ0) is 15.5. The molecule has 1 fully saturated rings. The maximum Gasteiger partial charge on any atom is 0.157 e. The lowest BCUT2D eigenvalue weighted by molar-refractivity contribution is 0.283. The second-order valence-electron chi connectivity index (χ2n) is 6.57. The van der Waals surface area contributed by atoms with Gasteiger partial charge in [0.1, 0.15) is 6.10 Å². The van der Waals surface area contributed by atoms with Crippen LogP contribution in [0.2, 0.25) is 0 Å². The molecule has 3 atom stereocenters. The van der Waals surface area contributed by atoms with E-state index in [0.717, 1.165) is 12.3 Å². The van der Waals surface area contributed by atoms with Gasteiger partial charge in [0.05, 0.1) is 5.75 Å². The fourth-order valence-corrected chi connectivity index (χ4v) is 3.63. The predicted molar refractivity (Wildman–Crippen MR) is 91.4 cm³/mol. The third kappa shape index (κ3) is 9.43. The van der Waals surface area contributed by atoms with E-state index in [1.807, 2.05) is 6.08 Å². The van der Waals surface area contributed by atoms with E-state index in [2.05, 4.69) is 19.9 Å². The molecular formula is C17H33NO2S. The van der Waals surface area contributed by atoms with Crippen LogP contribution in [-0.2, 0) is 15.3 Å². The van der Waals surface area contributed by atoms with Gasteiger partial charge in [0, 0.05) is 6.04 Å². The molecule has 21 heavy (non-hydrogen) atoms. The number of hydrogen-bond acceptors (Lipinski definition) is 3. The van der Waals surface area contributed by atoms with Crippen molar-refractivity contribution in [3.05, 3.63) is 12.2 Å². The molecule has 0 unspecified atom stereocenters. The lowest BCUT2D eigenvalue weighted by Gasteiger charge is -2.06. The average molecular weight is 316 g/mol. The predicted octanol–water partition coefficient (Wildman–Crippen LogP) is 4.10. The van der Waals surface area contributed by atoms with Crippen LogP contribution in [0.3, 0.4) is 0 Å². The van der Waals surface area contributed by atoms with Gasteiger partial charge in [0.2, 0.25) is 0 Å². The van der Waals surface area contributed by atoms with Crippen LogP contribution in [0.25, 0.3) is 0 Å². The van der Waals surface area contributed by atoms with Crippen LogP contribution in [0.4, 0.5) is 0 Å². The fourth-order valence-electron chi connectivity index (χ4n) is 2.59. The van der Waals surface area contributed by atoms with Crippen LogP contribution in [0, 0.1) is 5.92 Å². The Bertz CT molecular complexity index is 318. The highest BCUT2D eigenvalue weighted by molar-refractivity contribution is 7.80. The Labute approximate surface area is 133 Å². The topological polar surface area (TPSA) is 52.3 Å². The Morgan fingerprint density at radius 3 is 2.33 bits per heavy atom. The molecule has 1 aliphatic rings. The van der Waals surface area contributed by atoms with Crippen molar-refractivity contribution in [2.24, 2.45) is 11.7 Å². The molecular weight excluding hydrogens is 282 g/mol. The van der Waals surface area contributed by atoms with Gasteiger partial charge in [-0.2, -0.15) is 0 Å². The van der Waals surface area contributed by atoms with Crippen LogP contribution in [0.1, 0.15) is 71.6 Å². The molecule has 0 aliphatic carbocycles. The number of nitrogens with two attached hydrogens (primary N) is 1. The maximum atomic E-state index is 11.2. The van der Waals surface area contributed by atoms with Crippen molar-refractivity contribution in [1.82, 2.24) is 0 Å². The molecule has 0 aromatic heterocycles. The zero-order valence-electron chi connectivity index (χ0n) is 13.8. The standard InChI is InChI=1S/C17H33NO2S/c1-15(2)12-10-8-6-4-3-5-7-9-11-13-17-16(18)14-21(19)20-17/h11,13,15-17H,3-10,12,14,18H2,1-2H3/b13-11+/t16-,17+,21+/m0/s1. The van der Waals surface area contributed by atoms with E-state index < -0.39 is 11.1 Å². The molecule has 2 N–H and O–H groups in total. The average Bonchev–Trinajstić information content (AvgIpc) is 2.74. The lowest BCUT2D eigenvalue weighted by atomic mass is 10.0. The number of rotatable bonds is 11. The molecule has 1 heterocycles. The lowest BCUT2D eigenvalue weighted by Crippen LogP contribution is -2.30. The van der Waals surface area contributed by atoms with Gasteiger partial charge < -0.3 is 5.73 Å². The largest absolute Gasteiger partial charge is 0.324 e. The van der Waals surface area contributed by atoms with Crippen molar-refractivity contribution >= 4 is 11.1 Å². The van der Waals surface area contributed by atoms with Crippen molar-refractivity contribution < 1.29 is 8.39 Å². The van der Waals surface area contributed by atoms with E-state index in [0.29, 0.717) is 5.75 Å². The van der Waals surface area contributed by atoms with Crippen LogP contribution >= 0.6 is 0 Å². The van der Waals surface area contributed by atoms with Crippen molar-refractivity contribution in [2.45, 2.75) is 83.8 Å². The quantitative estimate of drug-likeness (QED) is 0.461. The van der Waals surface area contributed by atoms with Crippen LogP contribution < -0.4 is 5.73 Å². The molecule has 1 saturated heterocycles. The molecule has 124 valence electrons. The van der Waals surface area contributed by atoms with E-state index in [4.69, 9.17) is 9.92 Å². The number of hydrogen-bond donors (Lipinski definition) is 1. The van der Waals surface area contributed by atoms with E-state index in [1.54, 1.807) is 0 Å². The highest BCUT2D eigenvalue weighted by Gasteiger charge is 2.28. The third-order valence-corrected chi connectivity index (χ3v) is 5.04. The Morgan fingerprint density at radius 1 is 1.14 bits per heavy atom. The van der Waals surface area contributed by atoms with Crippen LogP contribution in [0.15, 0.2) is 12.2 Å². The number of allylic oxidation sites excluding steroid dienone is 1. The summed E-state index contributed by atoms with van der Waals surface area (Å²) in [7, 11) is 0. The minimum absolute atomic E-state index is 0.104. The van der Waals surface area contributed by atoms with E-state index >= 15 is 0 Å². The highest BCUT2D eigenvalue weighted by Crippen LogP contribution is 2.15. The summed E-state index contributed by atoms with van der Waals surface area (Å²) in [6.45, 7) is 4.60. The summed E-state index contributed by atoms with van der Waals surface area (Å²) in [6.07, 6.45) is 15.9. The van der Waals surface area contributed by atoms with Crippen molar-refractivity contribution in [3.8, 4) is 0 Å². The van der Waals surface area contributed by atoms with Crippen LogP contribution in [0.5, 0.6) is 0 Å². The number of unbranched alkanes of at least 4 members (excludes halogenated alkanes) is 7. The normalized spacial score (nSPS) is 26.2. The maximum absolute atomic E-state index is 11.2. The summed E-state index contributed by atoms with van der Waals surface area (Å²) < 4.78 is 16.4. The fraction of sp³-hybridized carbons (Fsp3) is 0.882. The Balaban J connectivity index is 1.87. The van der Waals surface area contributed by atoms with Crippen LogP contribution in [-0.4, -0.2) is 22.1 Å². The molecule has 1 aliphatic heterocycles. The molecule has 3 nitrogen and oxygen atoms in total. The van der Waals surface area contributed by atoms with Gasteiger partial charge in [-0.1, -0.05) is 70.9 Å². The summed E-state index contributed by atoms with van der Waals surface area (Å²) in [5.74, 6) is 1.32. The van der Waals surface area contributed by atoms with Gasteiger partial charge >= 0.3 is 0 Å². The second kappa shape index (κ2) is 11.4. The first kappa shape index (κ1) is 18.9. The van der Waals surface area contributed by atoms with Gasteiger partial charge in [-0.25, -0.2) is 4.21 Å². The Kier molecular flexibility index (Phi) is 10.2. The molecule has 0 saturated carbocycles. The SMILES string of the molecule is CC(C)CCCCCCCCC/C=C/[C@H]1O[S@@](=O)C[C@@H]1N. The second-order valence-corrected chi connectivity index (χ2v) is 7.70. The summed E-state index contributed by atoms with van der Waals surface area (Å²) in [5.41, 5.74) is 5.84. The minimum Gasteiger partial charge on any atom is -0.324 e. The van der Waals surface area contributed by atoms with Crippen molar-refractivity contribution in [2.75, 3.05) is 5.75 Å². The molecule has 0 amide bonds. The van der Waals surface area contributed by atoms with Gasteiger partial charge in [0.15, 0.2) is 11.1 Å². The van der Waals surface area contributed by atoms with Crippen molar-refractivity contribution in [3.63, 3.8) is 0 Å². The molecule has 0 bridgehead atoms.